The zero-order valence-electron chi connectivity index (χ0n) is 16.3. The molecule has 0 unspecified atom stereocenters. The summed E-state index contributed by atoms with van der Waals surface area (Å²) in [4.78, 5) is 0.312. The number of benzene rings is 3. The Balaban J connectivity index is 1.76. The lowest BCUT2D eigenvalue weighted by atomic mass is 10.1. The Hall–Kier alpha value is -2.89. The lowest BCUT2D eigenvalue weighted by Crippen LogP contribution is -2.30. The monoisotopic (exact) mass is 405 g/mol. The largest absolute Gasteiger partial charge is 0.468 e. The minimum atomic E-state index is -3.74. The van der Waals surface area contributed by atoms with Gasteiger partial charge in [0.1, 0.15) is 5.76 Å². The predicted octanol–water partition coefficient (Wildman–Crippen LogP) is 5.39. The van der Waals surface area contributed by atoms with E-state index in [1.54, 1.807) is 30.5 Å². The van der Waals surface area contributed by atoms with Crippen molar-refractivity contribution in [3.8, 4) is 0 Å². The number of hydrogen-bond acceptors (Lipinski definition) is 3. The number of furan rings is 1. The van der Waals surface area contributed by atoms with Crippen LogP contribution in [0.25, 0.3) is 10.8 Å². The summed E-state index contributed by atoms with van der Waals surface area (Å²) in [7, 11) is -3.74. The molecule has 0 radical (unpaired) electrons. The molecule has 0 saturated carbocycles. The summed E-state index contributed by atoms with van der Waals surface area (Å²) in [6, 6.07) is 24.6. The molecular formula is C24H23NO3S. The van der Waals surface area contributed by atoms with E-state index in [4.69, 9.17) is 4.42 Å². The van der Waals surface area contributed by atoms with Crippen LogP contribution >= 0.6 is 0 Å². The highest BCUT2D eigenvalue weighted by Gasteiger charge is 2.27. The van der Waals surface area contributed by atoms with Gasteiger partial charge in [-0.05, 0) is 41.1 Å². The van der Waals surface area contributed by atoms with Crippen LogP contribution in [-0.2, 0) is 29.5 Å². The van der Waals surface area contributed by atoms with Crippen molar-refractivity contribution in [3.63, 3.8) is 0 Å². The molecule has 148 valence electrons. The first-order chi connectivity index (χ1) is 14.1. The fraction of sp³-hybridized carbons (Fsp3) is 0.167. The molecule has 4 aromatic rings. The Kier molecular flexibility index (Phi) is 5.51. The second-order valence-electron chi connectivity index (χ2n) is 7.00. The molecule has 0 aliphatic carbocycles. The third-order valence-corrected chi connectivity index (χ3v) is 6.92. The average molecular weight is 406 g/mol. The first-order valence-corrected chi connectivity index (χ1v) is 11.1. The van der Waals surface area contributed by atoms with E-state index in [-0.39, 0.29) is 13.1 Å². The van der Waals surface area contributed by atoms with Crippen molar-refractivity contribution in [2.45, 2.75) is 31.3 Å². The summed E-state index contributed by atoms with van der Waals surface area (Å²) < 4.78 is 34.3. The molecule has 0 aliphatic heterocycles. The molecule has 4 rings (SSSR count). The van der Waals surface area contributed by atoms with Gasteiger partial charge in [-0.3, -0.25) is 0 Å². The molecule has 0 bridgehead atoms. The maximum absolute atomic E-state index is 13.7. The number of nitrogens with zero attached hydrogens (tertiary/aromatic N) is 1. The summed E-state index contributed by atoms with van der Waals surface area (Å²) in [5.41, 5.74) is 2.17. The Morgan fingerprint density at radius 2 is 1.52 bits per heavy atom. The van der Waals surface area contributed by atoms with Crippen molar-refractivity contribution < 1.29 is 12.8 Å². The molecule has 0 saturated heterocycles. The third kappa shape index (κ3) is 4.11. The summed E-state index contributed by atoms with van der Waals surface area (Å²) in [6.07, 6.45) is 2.51. The lowest BCUT2D eigenvalue weighted by Gasteiger charge is -2.22. The highest BCUT2D eigenvalue weighted by Crippen LogP contribution is 2.28. The molecule has 0 amide bonds. The molecule has 29 heavy (non-hydrogen) atoms. The van der Waals surface area contributed by atoms with Gasteiger partial charge >= 0.3 is 0 Å². The van der Waals surface area contributed by atoms with Gasteiger partial charge in [-0.25, -0.2) is 8.42 Å². The van der Waals surface area contributed by atoms with E-state index in [1.165, 1.54) is 9.87 Å². The first kappa shape index (κ1) is 19.4. The Morgan fingerprint density at radius 1 is 0.793 bits per heavy atom. The minimum Gasteiger partial charge on any atom is -0.468 e. The Morgan fingerprint density at radius 3 is 2.24 bits per heavy atom. The van der Waals surface area contributed by atoms with Gasteiger partial charge in [-0.15, -0.1) is 0 Å². The van der Waals surface area contributed by atoms with E-state index >= 15 is 0 Å². The summed E-state index contributed by atoms with van der Waals surface area (Å²) >= 11 is 0. The molecule has 1 aromatic heterocycles. The standard InChI is InChI=1S/C24H23NO3S/c1-2-19-12-14-20(15-13-19)17-25(18-22-9-6-16-28-22)29(26,27)24-11-5-8-21-7-3-4-10-23(21)24/h3-16H,2,17-18H2,1H3. The van der Waals surface area contributed by atoms with Gasteiger partial charge in [-0.1, -0.05) is 67.6 Å². The van der Waals surface area contributed by atoms with Crippen LogP contribution in [0.5, 0.6) is 0 Å². The van der Waals surface area contributed by atoms with E-state index in [0.717, 1.165) is 22.8 Å². The van der Waals surface area contributed by atoms with Gasteiger partial charge in [-0.2, -0.15) is 4.31 Å². The quantitative estimate of drug-likeness (QED) is 0.414. The zero-order valence-corrected chi connectivity index (χ0v) is 17.1. The highest BCUT2D eigenvalue weighted by atomic mass is 32.2. The van der Waals surface area contributed by atoms with E-state index in [1.807, 2.05) is 54.6 Å². The maximum Gasteiger partial charge on any atom is 0.244 e. The molecule has 0 aliphatic rings. The fourth-order valence-electron chi connectivity index (χ4n) is 3.45. The lowest BCUT2D eigenvalue weighted by molar-refractivity contribution is 0.359. The maximum atomic E-state index is 13.7. The molecule has 0 spiro atoms. The Bertz CT molecular complexity index is 1190. The van der Waals surface area contributed by atoms with Gasteiger partial charge < -0.3 is 4.42 Å². The predicted molar refractivity (Wildman–Crippen MR) is 115 cm³/mol. The van der Waals surface area contributed by atoms with Crippen molar-refractivity contribution in [2.75, 3.05) is 0 Å². The van der Waals surface area contributed by atoms with Crippen molar-refractivity contribution in [1.29, 1.82) is 0 Å². The van der Waals surface area contributed by atoms with Crippen molar-refractivity contribution in [1.82, 2.24) is 4.31 Å². The summed E-state index contributed by atoms with van der Waals surface area (Å²) in [5.74, 6) is 0.610. The zero-order chi connectivity index (χ0) is 20.3. The summed E-state index contributed by atoms with van der Waals surface area (Å²) in [6.45, 7) is 2.55. The molecule has 4 nitrogen and oxygen atoms in total. The number of rotatable bonds is 7. The molecule has 1 heterocycles. The smallest absolute Gasteiger partial charge is 0.244 e. The van der Waals surface area contributed by atoms with Crippen molar-refractivity contribution in [3.05, 3.63) is 102 Å². The molecule has 0 atom stereocenters. The first-order valence-electron chi connectivity index (χ1n) is 9.66. The van der Waals surface area contributed by atoms with E-state index in [2.05, 4.69) is 6.92 Å². The minimum absolute atomic E-state index is 0.175. The van der Waals surface area contributed by atoms with Gasteiger partial charge in [0.15, 0.2) is 0 Å². The van der Waals surface area contributed by atoms with Gasteiger partial charge in [0.2, 0.25) is 10.0 Å². The second kappa shape index (κ2) is 8.23. The Labute approximate surface area is 171 Å². The van der Waals surface area contributed by atoms with Crippen LogP contribution in [0.2, 0.25) is 0 Å². The van der Waals surface area contributed by atoms with Crippen LogP contribution in [0.1, 0.15) is 23.8 Å². The molecule has 5 heteroatoms. The van der Waals surface area contributed by atoms with E-state index in [0.29, 0.717) is 10.7 Å². The number of sulfonamides is 1. The van der Waals surface area contributed by atoms with Crippen LogP contribution in [0.15, 0.2) is 94.4 Å². The highest BCUT2D eigenvalue weighted by molar-refractivity contribution is 7.89. The van der Waals surface area contributed by atoms with Crippen LogP contribution in [-0.4, -0.2) is 12.7 Å². The topological polar surface area (TPSA) is 50.5 Å². The van der Waals surface area contributed by atoms with Gasteiger partial charge in [0.05, 0.1) is 17.7 Å². The van der Waals surface area contributed by atoms with Gasteiger partial charge in [0, 0.05) is 11.9 Å². The van der Waals surface area contributed by atoms with Crippen LogP contribution in [0, 0.1) is 0 Å². The third-order valence-electron chi connectivity index (χ3n) is 5.07. The SMILES string of the molecule is CCc1ccc(CN(Cc2ccco2)S(=O)(=O)c2cccc3ccccc23)cc1. The van der Waals surface area contributed by atoms with Crippen molar-refractivity contribution in [2.24, 2.45) is 0 Å². The molecule has 0 N–H and O–H groups in total. The molecular weight excluding hydrogens is 382 g/mol. The van der Waals surface area contributed by atoms with Crippen molar-refractivity contribution >= 4 is 20.8 Å². The van der Waals surface area contributed by atoms with Crippen LogP contribution in [0.4, 0.5) is 0 Å². The van der Waals surface area contributed by atoms with E-state index < -0.39 is 10.0 Å². The number of hydrogen-bond donors (Lipinski definition) is 0. The average Bonchev–Trinajstić information content (AvgIpc) is 3.26. The second-order valence-corrected chi connectivity index (χ2v) is 8.91. The molecule has 3 aromatic carbocycles. The van der Waals surface area contributed by atoms with Crippen LogP contribution in [0.3, 0.4) is 0 Å². The fourth-order valence-corrected chi connectivity index (χ4v) is 5.05. The summed E-state index contributed by atoms with van der Waals surface area (Å²) in [5, 5.41) is 1.62. The number of aryl methyl sites for hydroxylation is 1. The van der Waals surface area contributed by atoms with Crippen LogP contribution < -0.4 is 0 Å². The van der Waals surface area contributed by atoms with E-state index in [9.17, 15) is 8.42 Å². The van der Waals surface area contributed by atoms with Gasteiger partial charge in [0.25, 0.3) is 0 Å². The number of fused-ring (bicyclic) bond motifs is 1. The molecule has 0 fully saturated rings. The normalized spacial score (nSPS) is 11.9.